The Balaban J connectivity index is 1.51. The lowest BCUT2D eigenvalue weighted by molar-refractivity contribution is -0.384. The number of carbonyl (C=O) groups is 1. The Morgan fingerprint density at radius 2 is 1.94 bits per heavy atom. The van der Waals surface area contributed by atoms with Crippen molar-refractivity contribution in [3.8, 4) is 5.75 Å². The van der Waals surface area contributed by atoms with E-state index in [4.69, 9.17) is 4.74 Å². The number of imidazole rings is 1. The summed E-state index contributed by atoms with van der Waals surface area (Å²) in [6.07, 6.45) is 1.75. The number of methoxy groups -OCH3 is 1. The first-order valence-electron chi connectivity index (χ1n) is 9.96. The van der Waals surface area contributed by atoms with Crippen LogP contribution in [0.15, 0.2) is 66.9 Å². The minimum Gasteiger partial charge on any atom is -0.497 e. The van der Waals surface area contributed by atoms with E-state index in [2.05, 4.69) is 15.3 Å². The molecule has 0 radical (unpaired) electrons. The van der Waals surface area contributed by atoms with Gasteiger partial charge in [-0.3, -0.25) is 14.9 Å². The zero-order chi connectivity index (χ0) is 22.5. The molecule has 2 heterocycles. The van der Waals surface area contributed by atoms with Crippen LogP contribution in [0.4, 0.5) is 5.69 Å². The van der Waals surface area contributed by atoms with Gasteiger partial charge in [0.2, 0.25) is 5.91 Å². The number of nitrogens with one attached hydrogen (secondary N) is 1. The fourth-order valence-electron chi connectivity index (χ4n) is 3.43. The van der Waals surface area contributed by atoms with Gasteiger partial charge in [0.25, 0.3) is 5.69 Å². The number of nitrogens with zero attached hydrogens (tertiary/aromatic N) is 4. The number of rotatable bonds is 8. The first-order valence-corrected chi connectivity index (χ1v) is 9.96. The molecule has 1 N–H and O–H groups in total. The molecule has 9 nitrogen and oxygen atoms in total. The lowest BCUT2D eigenvalue weighted by Crippen LogP contribution is -2.26. The minimum atomic E-state index is -0.476. The molecule has 0 aliphatic heterocycles. The highest BCUT2D eigenvalue weighted by atomic mass is 16.6. The highest BCUT2D eigenvalue weighted by Crippen LogP contribution is 2.18. The first kappa shape index (κ1) is 21.0. The molecule has 0 saturated heterocycles. The molecule has 0 aliphatic carbocycles. The summed E-state index contributed by atoms with van der Waals surface area (Å²) in [4.78, 5) is 32.0. The molecule has 2 aromatic heterocycles. The van der Waals surface area contributed by atoms with Crippen LogP contribution in [0.25, 0.3) is 11.2 Å². The minimum absolute atomic E-state index is 0.0392. The average molecular weight is 431 g/mol. The molecule has 0 fully saturated rings. The summed E-state index contributed by atoms with van der Waals surface area (Å²) in [6.45, 7) is 0.744. The van der Waals surface area contributed by atoms with Crippen molar-refractivity contribution in [1.82, 2.24) is 19.9 Å². The van der Waals surface area contributed by atoms with Crippen molar-refractivity contribution >= 4 is 22.8 Å². The maximum Gasteiger partial charge on any atom is 0.269 e. The Bertz CT molecular complexity index is 1270. The lowest BCUT2D eigenvalue weighted by atomic mass is 10.1. The second-order valence-corrected chi connectivity index (χ2v) is 7.19. The Morgan fingerprint density at radius 3 is 2.69 bits per heavy atom. The molecule has 162 valence electrons. The molecular formula is C23H21N5O4. The van der Waals surface area contributed by atoms with Crippen molar-refractivity contribution in [3.05, 3.63) is 93.9 Å². The Morgan fingerprint density at radius 1 is 1.12 bits per heavy atom. The van der Waals surface area contributed by atoms with Gasteiger partial charge < -0.3 is 14.6 Å². The SMILES string of the molecule is COc1ccc(Cn2c(CNC(=O)Cc3cccc([N+](=O)[O-])c3)nc3cccnc32)cc1. The maximum atomic E-state index is 12.5. The van der Waals surface area contributed by atoms with Crippen LogP contribution < -0.4 is 10.1 Å². The van der Waals surface area contributed by atoms with Crippen molar-refractivity contribution < 1.29 is 14.5 Å². The summed E-state index contributed by atoms with van der Waals surface area (Å²) in [7, 11) is 1.62. The number of pyridine rings is 1. The summed E-state index contributed by atoms with van der Waals surface area (Å²) in [5.41, 5.74) is 3.04. The van der Waals surface area contributed by atoms with Crippen LogP contribution in [0.1, 0.15) is 17.0 Å². The predicted molar refractivity (Wildman–Crippen MR) is 118 cm³/mol. The van der Waals surface area contributed by atoms with E-state index in [0.717, 1.165) is 22.5 Å². The van der Waals surface area contributed by atoms with Crippen LogP contribution in [-0.4, -0.2) is 32.5 Å². The lowest BCUT2D eigenvalue weighted by Gasteiger charge is -2.10. The third-order valence-corrected chi connectivity index (χ3v) is 5.01. The number of ether oxygens (including phenoxy) is 1. The van der Waals surface area contributed by atoms with Crippen LogP contribution in [0.2, 0.25) is 0 Å². The number of aromatic nitrogens is 3. The first-order chi connectivity index (χ1) is 15.5. The van der Waals surface area contributed by atoms with Gasteiger partial charge in [-0.15, -0.1) is 0 Å². The second-order valence-electron chi connectivity index (χ2n) is 7.19. The molecule has 9 heteroatoms. The zero-order valence-corrected chi connectivity index (χ0v) is 17.4. The van der Waals surface area contributed by atoms with E-state index >= 15 is 0 Å². The van der Waals surface area contributed by atoms with E-state index in [9.17, 15) is 14.9 Å². The molecule has 0 atom stereocenters. The van der Waals surface area contributed by atoms with E-state index in [1.165, 1.54) is 12.1 Å². The van der Waals surface area contributed by atoms with Crippen LogP contribution in [-0.2, 0) is 24.3 Å². The van der Waals surface area contributed by atoms with Crippen LogP contribution in [0.5, 0.6) is 5.75 Å². The van der Waals surface area contributed by atoms with Crippen LogP contribution >= 0.6 is 0 Å². The average Bonchev–Trinajstić information content (AvgIpc) is 3.15. The predicted octanol–water partition coefficient (Wildman–Crippen LogP) is 3.26. The highest BCUT2D eigenvalue weighted by molar-refractivity contribution is 5.79. The number of benzene rings is 2. The zero-order valence-electron chi connectivity index (χ0n) is 17.4. The number of hydrogen-bond acceptors (Lipinski definition) is 6. The quantitative estimate of drug-likeness (QED) is 0.339. The van der Waals surface area contributed by atoms with Crippen LogP contribution in [0.3, 0.4) is 0 Å². The molecule has 4 aromatic rings. The summed E-state index contributed by atoms with van der Waals surface area (Å²) < 4.78 is 7.18. The normalized spacial score (nSPS) is 10.8. The van der Waals surface area contributed by atoms with Crippen molar-refractivity contribution in [2.24, 2.45) is 0 Å². The monoisotopic (exact) mass is 431 g/mol. The molecule has 0 spiro atoms. The van der Waals surface area contributed by atoms with Gasteiger partial charge in [0, 0.05) is 18.3 Å². The fourth-order valence-corrected chi connectivity index (χ4v) is 3.43. The smallest absolute Gasteiger partial charge is 0.269 e. The molecule has 0 unspecified atom stereocenters. The van der Waals surface area contributed by atoms with Gasteiger partial charge in [0.1, 0.15) is 17.1 Å². The standard InChI is InChI=1S/C23H21N5O4/c1-32-19-9-7-16(8-10-19)15-27-21(26-20-6-3-11-24-23(20)27)14-25-22(29)13-17-4-2-5-18(12-17)28(30)31/h2-12H,13-15H2,1H3,(H,25,29). The Labute approximate surface area is 183 Å². The molecule has 0 saturated carbocycles. The summed E-state index contributed by atoms with van der Waals surface area (Å²) in [5, 5.41) is 13.8. The van der Waals surface area contributed by atoms with Gasteiger partial charge in [-0.05, 0) is 35.4 Å². The van der Waals surface area contributed by atoms with Crippen molar-refractivity contribution in [2.75, 3.05) is 7.11 Å². The van der Waals surface area contributed by atoms with Gasteiger partial charge >= 0.3 is 0 Å². The third kappa shape index (κ3) is 4.72. The molecule has 0 bridgehead atoms. The molecule has 0 aliphatic rings. The van der Waals surface area contributed by atoms with Gasteiger partial charge in [-0.25, -0.2) is 9.97 Å². The number of nitro groups is 1. The molecular weight excluding hydrogens is 410 g/mol. The summed E-state index contributed by atoms with van der Waals surface area (Å²) in [5.74, 6) is 1.19. The van der Waals surface area contributed by atoms with E-state index < -0.39 is 4.92 Å². The van der Waals surface area contributed by atoms with Crippen molar-refractivity contribution in [3.63, 3.8) is 0 Å². The van der Waals surface area contributed by atoms with Gasteiger partial charge in [-0.1, -0.05) is 24.3 Å². The number of non-ortho nitro benzene ring substituents is 1. The Kier molecular flexibility index (Phi) is 6.07. The van der Waals surface area contributed by atoms with E-state index in [0.29, 0.717) is 17.9 Å². The number of carbonyl (C=O) groups excluding carboxylic acids is 1. The number of nitro benzene ring substituents is 1. The molecule has 2 aromatic carbocycles. The van der Waals surface area contributed by atoms with E-state index in [-0.39, 0.29) is 24.6 Å². The molecule has 32 heavy (non-hydrogen) atoms. The van der Waals surface area contributed by atoms with Crippen LogP contribution in [0, 0.1) is 10.1 Å². The third-order valence-electron chi connectivity index (χ3n) is 5.01. The van der Waals surface area contributed by atoms with Crippen molar-refractivity contribution in [1.29, 1.82) is 0 Å². The Hall–Kier alpha value is -4.27. The van der Waals surface area contributed by atoms with Gasteiger partial charge in [-0.2, -0.15) is 0 Å². The molecule has 1 amide bonds. The van der Waals surface area contributed by atoms with E-state index in [1.807, 2.05) is 41.0 Å². The van der Waals surface area contributed by atoms with E-state index in [1.54, 1.807) is 25.4 Å². The summed E-state index contributed by atoms with van der Waals surface area (Å²) in [6, 6.07) is 17.5. The largest absolute Gasteiger partial charge is 0.497 e. The fraction of sp³-hybridized carbons (Fsp3) is 0.174. The van der Waals surface area contributed by atoms with Gasteiger partial charge in [0.15, 0.2) is 5.65 Å². The molecule has 4 rings (SSSR count). The topological polar surface area (TPSA) is 112 Å². The highest BCUT2D eigenvalue weighted by Gasteiger charge is 2.14. The number of hydrogen-bond donors (Lipinski definition) is 1. The maximum absolute atomic E-state index is 12.5. The second kappa shape index (κ2) is 9.25. The summed E-state index contributed by atoms with van der Waals surface area (Å²) >= 11 is 0. The number of amides is 1. The number of fused-ring (bicyclic) bond motifs is 1. The van der Waals surface area contributed by atoms with Crippen molar-refractivity contribution in [2.45, 2.75) is 19.5 Å². The van der Waals surface area contributed by atoms with Gasteiger partial charge in [0.05, 0.1) is 31.5 Å².